The van der Waals surface area contributed by atoms with Gasteiger partial charge in [0.2, 0.25) is 6.30 Å². The van der Waals surface area contributed by atoms with Crippen LogP contribution < -0.4 is 0 Å². The average molecular weight is 217 g/mol. The molecule has 0 amide bonds. The molecule has 14 heavy (non-hydrogen) atoms. The molecular formula is C10H14ClFN2. The quantitative estimate of drug-likeness (QED) is 0.484. The van der Waals surface area contributed by atoms with E-state index in [0.29, 0.717) is 0 Å². The molecule has 0 aromatic rings. The second kappa shape index (κ2) is 3.63. The van der Waals surface area contributed by atoms with Crippen LogP contribution in [0, 0.1) is 0 Å². The normalized spacial score (nSPS) is 43.4. The van der Waals surface area contributed by atoms with E-state index in [2.05, 4.69) is 9.89 Å². The number of nitrogens with zero attached hydrogens (tertiary/aromatic N) is 2. The number of hydrogen-bond acceptors (Lipinski definition) is 2. The van der Waals surface area contributed by atoms with Gasteiger partial charge in [-0.15, -0.1) is 11.6 Å². The van der Waals surface area contributed by atoms with Crippen molar-refractivity contribution >= 4 is 17.8 Å². The highest BCUT2D eigenvalue weighted by Crippen LogP contribution is 2.38. The summed E-state index contributed by atoms with van der Waals surface area (Å²) in [5.41, 5.74) is 0. The summed E-state index contributed by atoms with van der Waals surface area (Å²) in [6.45, 7) is 0.989. The first-order valence-corrected chi connectivity index (χ1v) is 5.26. The second-order valence-electron chi connectivity index (χ2n) is 3.96. The lowest BCUT2D eigenvalue weighted by Gasteiger charge is -2.36. The van der Waals surface area contributed by atoms with Crippen LogP contribution in [0.4, 0.5) is 4.39 Å². The maximum Gasteiger partial charge on any atom is 0.213 e. The van der Waals surface area contributed by atoms with E-state index in [-0.39, 0.29) is 6.04 Å². The topological polar surface area (TPSA) is 15.6 Å². The van der Waals surface area contributed by atoms with Gasteiger partial charge in [0.25, 0.3) is 0 Å². The van der Waals surface area contributed by atoms with Crippen LogP contribution in [0.15, 0.2) is 17.1 Å². The standard InChI is InChI=1S/C10H14ClFN2/c1-14-7-2-4-8(14)10(11)5-3-6-13-9(10)12/h3,5-6,8-9H,2,4,7H2,1H3/t8-,9?,10?/m0/s1. The number of aliphatic imine (C=N–C) groups is 1. The summed E-state index contributed by atoms with van der Waals surface area (Å²) in [6, 6.07) is 0.0628. The molecule has 2 aliphatic heterocycles. The molecule has 0 N–H and O–H groups in total. The lowest BCUT2D eigenvalue weighted by atomic mass is 9.94. The predicted octanol–water partition coefficient (Wildman–Crippen LogP) is 1.99. The van der Waals surface area contributed by atoms with E-state index in [1.807, 2.05) is 7.05 Å². The Morgan fingerprint density at radius 2 is 2.43 bits per heavy atom. The van der Waals surface area contributed by atoms with Crippen LogP contribution in [0.25, 0.3) is 0 Å². The Hall–Kier alpha value is -0.410. The minimum atomic E-state index is -1.32. The summed E-state index contributed by atoms with van der Waals surface area (Å²) < 4.78 is 13.6. The van der Waals surface area contributed by atoms with Crippen molar-refractivity contribution in [2.45, 2.75) is 30.1 Å². The van der Waals surface area contributed by atoms with Gasteiger partial charge in [0, 0.05) is 12.3 Å². The first-order chi connectivity index (χ1) is 6.64. The second-order valence-corrected chi connectivity index (χ2v) is 4.61. The molecule has 3 atom stereocenters. The molecule has 2 unspecified atom stereocenters. The SMILES string of the molecule is CN1CCC[C@H]1C1(Cl)C=CC=NC1F. The number of alkyl halides is 2. The van der Waals surface area contributed by atoms with E-state index in [4.69, 9.17) is 11.6 Å². The molecule has 2 rings (SSSR count). The van der Waals surface area contributed by atoms with Crippen molar-refractivity contribution in [3.8, 4) is 0 Å². The van der Waals surface area contributed by atoms with Gasteiger partial charge in [-0.3, -0.25) is 4.99 Å². The summed E-state index contributed by atoms with van der Waals surface area (Å²) in [5, 5.41) is 0. The van der Waals surface area contributed by atoms with Gasteiger partial charge in [-0.2, -0.15) is 0 Å². The molecule has 1 fully saturated rings. The molecule has 0 aromatic carbocycles. The molecule has 78 valence electrons. The Balaban J connectivity index is 2.22. The predicted molar refractivity (Wildman–Crippen MR) is 56.8 cm³/mol. The third kappa shape index (κ3) is 1.48. The number of likely N-dealkylation sites (tertiary alicyclic amines) is 1. The molecule has 0 spiro atoms. The van der Waals surface area contributed by atoms with Gasteiger partial charge in [-0.05, 0) is 32.5 Å². The minimum Gasteiger partial charge on any atom is -0.301 e. The van der Waals surface area contributed by atoms with Crippen LogP contribution >= 0.6 is 11.6 Å². The molecule has 2 aliphatic rings. The van der Waals surface area contributed by atoms with Crippen molar-refractivity contribution in [1.82, 2.24) is 4.90 Å². The van der Waals surface area contributed by atoms with E-state index >= 15 is 0 Å². The fourth-order valence-corrected chi connectivity index (χ4v) is 2.65. The van der Waals surface area contributed by atoms with Gasteiger partial charge in [0.1, 0.15) is 4.87 Å². The van der Waals surface area contributed by atoms with E-state index in [1.54, 1.807) is 12.2 Å². The number of allylic oxidation sites excluding steroid dienone is 1. The van der Waals surface area contributed by atoms with E-state index in [0.717, 1.165) is 19.4 Å². The summed E-state index contributed by atoms with van der Waals surface area (Å²) in [4.78, 5) is 4.88. The lowest BCUT2D eigenvalue weighted by Crippen LogP contribution is -2.49. The molecule has 2 heterocycles. The molecule has 0 radical (unpaired) electrons. The zero-order valence-corrected chi connectivity index (χ0v) is 8.91. The van der Waals surface area contributed by atoms with Crippen molar-refractivity contribution in [1.29, 1.82) is 0 Å². The molecule has 4 heteroatoms. The number of dihydropyridines is 1. The highest BCUT2D eigenvalue weighted by molar-refractivity contribution is 6.26. The highest BCUT2D eigenvalue weighted by atomic mass is 35.5. The smallest absolute Gasteiger partial charge is 0.213 e. The summed E-state index contributed by atoms with van der Waals surface area (Å²) >= 11 is 6.31. The Labute approximate surface area is 88.4 Å². The maximum atomic E-state index is 13.6. The minimum absolute atomic E-state index is 0.0628. The number of hydrogen-bond donors (Lipinski definition) is 0. The third-order valence-electron chi connectivity index (χ3n) is 3.05. The van der Waals surface area contributed by atoms with E-state index in [1.165, 1.54) is 6.21 Å². The van der Waals surface area contributed by atoms with Crippen LogP contribution in [-0.4, -0.2) is 41.9 Å². The first-order valence-electron chi connectivity index (χ1n) is 4.89. The summed E-state index contributed by atoms with van der Waals surface area (Å²) in [5.74, 6) is 0. The largest absolute Gasteiger partial charge is 0.301 e. The van der Waals surface area contributed by atoms with Gasteiger partial charge in [-0.1, -0.05) is 6.08 Å². The van der Waals surface area contributed by atoms with Crippen LogP contribution in [0.2, 0.25) is 0 Å². The summed E-state index contributed by atoms with van der Waals surface area (Å²) in [7, 11) is 1.99. The van der Waals surface area contributed by atoms with Crippen LogP contribution in [-0.2, 0) is 0 Å². The molecule has 1 saturated heterocycles. The summed E-state index contributed by atoms with van der Waals surface area (Å²) in [6.07, 6.45) is 5.65. The van der Waals surface area contributed by atoms with Gasteiger partial charge in [0.15, 0.2) is 0 Å². The molecule has 0 aliphatic carbocycles. The maximum absolute atomic E-state index is 13.6. The van der Waals surface area contributed by atoms with Gasteiger partial charge in [0.05, 0.1) is 0 Å². The Kier molecular flexibility index (Phi) is 2.62. The molecule has 0 aromatic heterocycles. The van der Waals surface area contributed by atoms with Gasteiger partial charge in [-0.25, -0.2) is 4.39 Å². The van der Waals surface area contributed by atoms with Crippen molar-refractivity contribution in [2.24, 2.45) is 4.99 Å². The van der Waals surface area contributed by atoms with E-state index < -0.39 is 11.2 Å². The van der Waals surface area contributed by atoms with Crippen molar-refractivity contribution in [3.05, 3.63) is 12.2 Å². The van der Waals surface area contributed by atoms with Gasteiger partial charge >= 0.3 is 0 Å². The van der Waals surface area contributed by atoms with Gasteiger partial charge < -0.3 is 4.90 Å². The Bertz CT molecular complexity index is 279. The van der Waals surface area contributed by atoms with Crippen molar-refractivity contribution in [2.75, 3.05) is 13.6 Å². The fraction of sp³-hybridized carbons (Fsp3) is 0.700. The Morgan fingerprint density at radius 1 is 1.64 bits per heavy atom. The fourth-order valence-electron chi connectivity index (χ4n) is 2.25. The van der Waals surface area contributed by atoms with Crippen LogP contribution in [0.1, 0.15) is 12.8 Å². The lowest BCUT2D eigenvalue weighted by molar-refractivity contribution is 0.187. The van der Waals surface area contributed by atoms with E-state index in [9.17, 15) is 4.39 Å². The van der Waals surface area contributed by atoms with Crippen LogP contribution in [0.3, 0.4) is 0 Å². The molecular weight excluding hydrogens is 203 g/mol. The monoisotopic (exact) mass is 216 g/mol. The average Bonchev–Trinajstić information content (AvgIpc) is 2.57. The molecule has 2 nitrogen and oxygen atoms in total. The number of halogens is 2. The van der Waals surface area contributed by atoms with Crippen molar-refractivity contribution in [3.63, 3.8) is 0 Å². The van der Waals surface area contributed by atoms with Crippen molar-refractivity contribution < 1.29 is 4.39 Å². The first kappa shape index (κ1) is 10.1. The zero-order valence-electron chi connectivity index (χ0n) is 8.16. The molecule has 0 saturated carbocycles. The van der Waals surface area contributed by atoms with Crippen LogP contribution in [0.5, 0.6) is 0 Å². The number of rotatable bonds is 1. The molecule has 0 bridgehead atoms. The third-order valence-corrected chi connectivity index (χ3v) is 3.61. The zero-order chi connectivity index (χ0) is 10.2. The highest BCUT2D eigenvalue weighted by Gasteiger charge is 2.46. The Morgan fingerprint density at radius 3 is 3.00 bits per heavy atom.